The molecule has 0 aromatic carbocycles. The van der Waals surface area contributed by atoms with E-state index < -0.39 is 35.8 Å². The minimum atomic E-state index is -2.31. The van der Waals surface area contributed by atoms with Gasteiger partial charge in [0.25, 0.3) is 5.60 Å². The van der Waals surface area contributed by atoms with Crippen LogP contribution in [0, 0.1) is 0 Å². The molecule has 0 bridgehead atoms. The molecule has 0 aliphatic heterocycles. The van der Waals surface area contributed by atoms with E-state index in [9.17, 15) is 19.5 Å². The summed E-state index contributed by atoms with van der Waals surface area (Å²) < 4.78 is 5.08. The van der Waals surface area contributed by atoms with Gasteiger partial charge in [-0.2, -0.15) is 0 Å². The Morgan fingerprint density at radius 3 is 1.71 bits per heavy atom. The van der Waals surface area contributed by atoms with Crippen LogP contribution in [0.25, 0.3) is 0 Å². The van der Waals surface area contributed by atoms with Crippen LogP contribution in [0.15, 0.2) is 12.2 Å². The number of unbranched alkanes of at least 4 members (excludes halogenated alkanes) is 11. The summed E-state index contributed by atoms with van der Waals surface area (Å²) in [7, 11) is 0. The van der Waals surface area contributed by atoms with E-state index in [1.54, 1.807) is 0 Å². The Kier molecular flexibility index (Phi) is 17.2. The highest BCUT2D eigenvalue weighted by molar-refractivity contribution is 6.10. The van der Waals surface area contributed by atoms with Gasteiger partial charge in [0.1, 0.15) is 6.10 Å². The summed E-state index contributed by atoms with van der Waals surface area (Å²) in [6.45, 7) is 3.52. The zero-order valence-corrected chi connectivity index (χ0v) is 19.9. The van der Waals surface area contributed by atoms with Crippen LogP contribution in [0.4, 0.5) is 0 Å². The summed E-state index contributed by atoms with van der Waals surface area (Å²) in [5.41, 5.74) is -2.31. The number of esters is 1. The van der Waals surface area contributed by atoms with Crippen LogP contribution < -0.4 is 0 Å². The van der Waals surface area contributed by atoms with Crippen LogP contribution in [-0.2, 0) is 19.1 Å². The van der Waals surface area contributed by atoms with Gasteiger partial charge in [0.15, 0.2) is 11.6 Å². The van der Waals surface area contributed by atoms with Gasteiger partial charge in [-0.15, -0.1) is 0 Å². The van der Waals surface area contributed by atoms with E-state index >= 15 is 0 Å². The van der Waals surface area contributed by atoms with Crippen molar-refractivity contribution >= 4 is 17.5 Å². The lowest BCUT2D eigenvalue weighted by molar-refractivity contribution is -0.186. The normalized spacial score (nSPS) is 12.8. The monoisotopic (exact) mass is 440 g/mol. The van der Waals surface area contributed by atoms with E-state index in [4.69, 9.17) is 9.84 Å². The number of ketones is 2. The Morgan fingerprint density at radius 2 is 1.26 bits per heavy atom. The molecular weight excluding hydrogens is 396 g/mol. The number of Topliss-reactive ketones (excluding diaryl/α,β-unsaturated/α-hetero) is 2. The van der Waals surface area contributed by atoms with Crippen molar-refractivity contribution in [3.63, 3.8) is 0 Å². The average molecular weight is 441 g/mol. The van der Waals surface area contributed by atoms with Crippen molar-refractivity contribution in [3.05, 3.63) is 12.2 Å². The van der Waals surface area contributed by atoms with Gasteiger partial charge in [0.2, 0.25) is 0 Å². The van der Waals surface area contributed by atoms with Crippen LogP contribution in [-0.4, -0.2) is 46.1 Å². The molecule has 0 rings (SSSR count). The lowest BCUT2D eigenvalue weighted by Gasteiger charge is -2.31. The van der Waals surface area contributed by atoms with Crippen molar-refractivity contribution < 1.29 is 29.3 Å². The fourth-order valence-corrected chi connectivity index (χ4v) is 3.63. The molecule has 1 atom stereocenters. The highest BCUT2D eigenvalue weighted by atomic mass is 16.6. The first kappa shape index (κ1) is 29.5. The topological polar surface area (TPSA) is 101 Å². The molecule has 0 saturated heterocycles. The number of aliphatic hydroxyl groups is 2. The van der Waals surface area contributed by atoms with Crippen molar-refractivity contribution in [1.82, 2.24) is 0 Å². The second-order valence-electron chi connectivity index (χ2n) is 8.35. The quantitative estimate of drug-likeness (QED) is 0.122. The molecule has 31 heavy (non-hydrogen) atoms. The molecule has 0 saturated carbocycles. The molecular formula is C25H44O6. The van der Waals surface area contributed by atoms with Crippen LogP contribution in [0.2, 0.25) is 0 Å². The van der Waals surface area contributed by atoms with Crippen LogP contribution in [0.5, 0.6) is 0 Å². The van der Waals surface area contributed by atoms with Crippen molar-refractivity contribution in [1.29, 1.82) is 0 Å². The third-order valence-corrected chi connectivity index (χ3v) is 5.61. The molecule has 0 heterocycles. The zero-order valence-electron chi connectivity index (χ0n) is 19.9. The first-order valence-corrected chi connectivity index (χ1v) is 12.0. The summed E-state index contributed by atoms with van der Waals surface area (Å²) in [6, 6.07) is 0. The maximum Gasteiger partial charge on any atom is 0.307 e. The minimum absolute atomic E-state index is 0.0681. The summed E-state index contributed by atoms with van der Waals surface area (Å²) in [5.74, 6) is -2.30. The SMILES string of the molecule is CCCCCCCC/C=C\CCCCCCCC(=O)OC(C(C)=O)(C(C)=O)C(O)CO. The van der Waals surface area contributed by atoms with Gasteiger partial charge in [-0.3, -0.25) is 14.4 Å². The van der Waals surface area contributed by atoms with Crippen LogP contribution in [0.1, 0.15) is 111 Å². The number of carbonyl (C=O) groups is 3. The predicted octanol–water partition coefficient (Wildman–Crippen LogP) is 4.84. The van der Waals surface area contributed by atoms with Gasteiger partial charge in [0, 0.05) is 6.42 Å². The second kappa shape index (κ2) is 18.1. The van der Waals surface area contributed by atoms with Gasteiger partial charge >= 0.3 is 5.97 Å². The average Bonchev–Trinajstić information content (AvgIpc) is 2.73. The van der Waals surface area contributed by atoms with E-state index in [0.29, 0.717) is 6.42 Å². The summed E-state index contributed by atoms with van der Waals surface area (Å²) in [5, 5.41) is 19.0. The number of hydrogen-bond donors (Lipinski definition) is 2. The summed E-state index contributed by atoms with van der Waals surface area (Å²) in [4.78, 5) is 35.9. The molecule has 2 N–H and O–H groups in total. The minimum Gasteiger partial charge on any atom is -0.440 e. The molecule has 0 amide bonds. The number of carbonyl (C=O) groups excluding carboxylic acids is 3. The number of ether oxygens (including phenoxy) is 1. The highest BCUT2D eigenvalue weighted by Crippen LogP contribution is 2.22. The maximum absolute atomic E-state index is 12.1. The number of aliphatic hydroxyl groups excluding tert-OH is 2. The fourth-order valence-electron chi connectivity index (χ4n) is 3.63. The van der Waals surface area contributed by atoms with Crippen molar-refractivity contribution in [2.75, 3.05) is 6.61 Å². The molecule has 0 aliphatic carbocycles. The lowest BCUT2D eigenvalue weighted by atomic mass is 9.88. The van der Waals surface area contributed by atoms with E-state index in [2.05, 4.69) is 19.1 Å². The molecule has 0 fully saturated rings. The highest BCUT2D eigenvalue weighted by Gasteiger charge is 2.50. The van der Waals surface area contributed by atoms with E-state index in [1.807, 2.05) is 0 Å². The largest absolute Gasteiger partial charge is 0.440 e. The van der Waals surface area contributed by atoms with Gasteiger partial charge in [-0.25, -0.2) is 0 Å². The summed E-state index contributed by atoms with van der Waals surface area (Å²) in [6.07, 6.45) is 17.7. The van der Waals surface area contributed by atoms with E-state index in [0.717, 1.165) is 46.0 Å². The van der Waals surface area contributed by atoms with E-state index in [-0.39, 0.29) is 6.42 Å². The van der Waals surface area contributed by atoms with Crippen LogP contribution >= 0.6 is 0 Å². The summed E-state index contributed by atoms with van der Waals surface area (Å²) >= 11 is 0. The molecule has 0 aromatic rings. The van der Waals surface area contributed by atoms with Crippen molar-refractivity contribution in [2.45, 2.75) is 122 Å². The molecule has 0 radical (unpaired) electrons. The van der Waals surface area contributed by atoms with Gasteiger partial charge in [-0.05, 0) is 46.0 Å². The second-order valence-corrected chi connectivity index (χ2v) is 8.35. The molecule has 1 unspecified atom stereocenters. The maximum atomic E-state index is 12.1. The van der Waals surface area contributed by atoms with E-state index in [1.165, 1.54) is 44.9 Å². The number of allylic oxidation sites excluding steroid dienone is 2. The van der Waals surface area contributed by atoms with Gasteiger partial charge in [0.05, 0.1) is 6.61 Å². The molecule has 6 nitrogen and oxygen atoms in total. The first-order valence-electron chi connectivity index (χ1n) is 12.0. The number of rotatable bonds is 20. The Labute approximate surface area is 188 Å². The Balaban J connectivity index is 3.91. The smallest absolute Gasteiger partial charge is 0.307 e. The fraction of sp³-hybridized carbons (Fsp3) is 0.800. The van der Waals surface area contributed by atoms with Crippen LogP contribution in [0.3, 0.4) is 0 Å². The Bertz CT molecular complexity index is 526. The molecule has 6 heteroatoms. The number of hydrogen-bond acceptors (Lipinski definition) is 6. The Hall–Kier alpha value is -1.53. The molecule has 180 valence electrons. The molecule has 0 spiro atoms. The van der Waals surface area contributed by atoms with Gasteiger partial charge < -0.3 is 14.9 Å². The third kappa shape index (κ3) is 12.2. The molecule has 0 aliphatic rings. The predicted molar refractivity (Wildman–Crippen MR) is 123 cm³/mol. The van der Waals surface area contributed by atoms with Crippen molar-refractivity contribution in [3.8, 4) is 0 Å². The Morgan fingerprint density at radius 1 is 0.806 bits per heavy atom. The van der Waals surface area contributed by atoms with Crippen molar-refractivity contribution in [2.24, 2.45) is 0 Å². The third-order valence-electron chi connectivity index (χ3n) is 5.61. The standard InChI is InChI=1S/C25H44O6/c1-4-5-6-7-8-9-10-11-12-13-14-15-16-17-18-19-24(30)31-25(21(2)27,22(3)28)23(29)20-26/h11-12,23,26,29H,4-10,13-20H2,1-3H3/b12-11-. The lowest BCUT2D eigenvalue weighted by Crippen LogP contribution is -2.58. The molecule has 0 aromatic heterocycles. The zero-order chi connectivity index (χ0) is 23.5. The van der Waals surface area contributed by atoms with Gasteiger partial charge in [-0.1, -0.05) is 70.4 Å². The first-order chi connectivity index (χ1) is 14.8.